The van der Waals surface area contributed by atoms with Gasteiger partial charge in [-0.1, -0.05) is 49.4 Å². The zero-order valence-corrected chi connectivity index (χ0v) is 13.9. The van der Waals surface area contributed by atoms with Crippen LogP contribution in [0.1, 0.15) is 37.3 Å². The lowest BCUT2D eigenvalue weighted by molar-refractivity contribution is -0.125. The van der Waals surface area contributed by atoms with Crippen LogP contribution in [0.4, 0.5) is 0 Å². The zero-order chi connectivity index (χ0) is 17.1. The zero-order valence-electron chi connectivity index (χ0n) is 13.9. The number of carbonyl (C=O) groups excluding carboxylic acids is 1. The van der Waals surface area contributed by atoms with Crippen molar-refractivity contribution in [3.63, 3.8) is 0 Å². The molecule has 1 heterocycles. The summed E-state index contributed by atoms with van der Waals surface area (Å²) in [5.41, 5.74) is 9.04. The van der Waals surface area contributed by atoms with Crippen LogP contribution < -0.4 is 11.1 Å². The third kappa shape index (κ3) is 3.31. The van der Waals surface area contributed by atoms with Crippen molar-refractivity contribution in [3.05, 3.63) is 66.0 Å². The van der Waals surface area contributed by atoms with Crippen LogP contribution >= 0.6 is 0 Å². The van der Waals surface area contributed by atoms with Gasteiger partial charge in [0.05, 0.1) is 23.0 Å². The van der Waals surface area contributed by atoms with E-state index in [-0.39, 0.29) is 23.9 Å². The predicted octanol–water partition coefficient (Wildman–Crippen LogP) is 3.08. The number of nitrogens with two attached hydrogens (primary N) is 1. The van der Waals surface area contributed by atoms with Crippen molar-refractivity contribution in [2.75, 3.05) is 0 Å². The Morgan fingerprint density at radius 3 is 2.46 bits per heavy atom. The lowest BCUT2D eigenvalue weighted by atomic mass is 9.94. The van der Waals surface area contributed by atoms with Crippen molar-refractivity contribution in [1.29, 1.82) is 0 Å². The monoisotopic (exact) mass is 322 g/mol. The molecule has 0 aliphatic rings. The molecule has 0 saturated carbocycles. The molecule has 3 atom stereocenters. The summed E-state index contributed by atoms with van der Waals surface area (Å²) in [5, 5.41) is 2.99. The van der Waals surface area contributed by atoms with Crippen molar-refractivity contribution >= 4 is 16.9 Å². The summed E-state index contributed by atoms with van der Waals surface area (Å²) in [6.07, 6.45) is 0. The fourth-order valence-corrected chi connectivity index (χ4v) is 2.72. The van der Waals surface area contributed by atoms with Crippen molar-refractivity contribution < 1.29 is 4.79 Å². The number of fused-ring (bicyclic) bond motifs is 1. The average Bonchev–Trinajstić information content (AvgIpc) is 3.05. The molecule has 24 heavy (non-hydrogen) atoms. The average molecular weight is 322 g/mol. The van der Waals surface area contributed by atoms with E-state index in [0.717, 1.165) is 22.4 Å². The Hall–Kier alpha value is -2.66. The molecule has 3 aromatic rings. The third-order valence-electron chi connectivity index (χ3n) is 4.31. The first-order valence-electron chi connectivity index (χ1n) is 8.12. The van der Waals surface area contributed by atoms with Crippen LogP contribution in [0.25, 0.3) is 11.0 Å². The number of hydrogen-bond donors (Lipinski definition) is 3. The van der Waals surface area contributed by atoms with E-state index in [1.165, 1.54) is 0 Å². The number of nitrogens with one attached hydrogen (secondary N) is 2. The van der Waals surface area contributed by atoms with E-state index in [1.54, 1.807) is 0 Å². The lowest BCUT2D eigenvalue weighted by Gasteiger charge is -2.21. The molecule has 2 aromatic carbocycles. The van der Waals surface area contributed by atoms with Crippen LogP contribution in [0.15, 0.2) is 54.6 Å². The highest BCUT2D eigenvalue weighted by molar-refractivity contribution is 5.80. The Bertz CT molecular complexity index is 795. The van der Waals surface area contributed by atoms with Crippen LogP contribution in [0.5, 0.6) is 0 Å². The van der Waals surface area contributed by atoms with Crippen LogP contribution in [0.3, 0.4) is 0 Å². The molecule has 0 saturated heterocycles. The number of nitrogens with zero attached hydrogens (tertiary/aromatic N) is 1. The molecular formula is C19H22N4O. The van der Waals surface area contributed by atoms with Gasteiger partial charge < -0.3 is 16.0 Å². The summed E-state index contributed by atoms with van der Waals surface area (Å²) in [6.45, 7) is 3.76. The minimum absolute atomic E-state index is 0.0840. The highest BCUT2D eigenvalue weighted by Gasteiger charge is 2.24. The number of carbonyl (C=O) groups is 1. The van der Waals surface area contributed by atoms with E-state index in [9.17, 15) is 4.79 Å². The fraction of sp³-hybridized carbons (Fsp3) is 0.263. The molecule has 4 N–H and O–H groups in total. The number of para-hydroxylation sites is 2. The van der Waals surface area contributed by atoms with E-state index in [1.807, 2.05) is 68.4 Å². The number of amides is 1. The summed E-state index contributed by atoms with van der Waals surface area (Å²) in [5.74, 6) is 0.323. The quantitative estimate of drug-likeness (QED) is 0.675. The molecule has 3 rings (SSSR count). The van der Waals surface area contributed by atoms with Gasteiger partial charge in [-0.25, -0.2) is 4.98 Å². The molecule has 0 bridgehead atoms. The van der Waals surface area contributed by atoms with E-state index in [4.69, 9.17) is 5.73 Å². The van der Waals surface area contributed by atoms with Crippen LogP contribution in [-0.4, -0.2) is 15.9 Å². The van der Waals surface area contributed by atoms with Crippen molar-refractivity contribution in [2.24, 2.45) is 11.7 Å². The maximum absolute atomic E-state index is 12.5. The highest BCUT2D eigenvalue weighted by Crippen LogP contribution is 2.21. The minimum atomic E-state index is -0.339. The van der Waals surface area contributed by atoms with Crippen molar-refractivity contribution in [2.45, 2.75) is 25.9 Å². The molecule has 124 valence electrons. The summed E-state index contributed by atoms with van der Waals surface area (Å²) in [6, 6.07) is 16.9. The second-order valence-corrected chi connectivity index (χ2v) is 6.09. The van der Waals surface area contributed by atoms with Gasteiger partial charge in [-0.15, -0.1) is 0 Å². The summed E-state index contributed by atoms with van der Waals surface area (Å²) < 4.78 is 0. The van der Waals surface area contributed by atoms with Crippen LogP contribution in [-0.2, 0) is 4.79 Å². The van der Waals surface area contributed by atoms with Gasteiger partial charge in [0, 0.05) is 6.04 Å². The second-order valence-electron chi connectivity index (χ2n) is 6.09. The molecule has 5 nitrogen and oxygen atoms in total. The van der Waals surface area contributed by atoms with Gasteiger partial charge in [-0.3, -0.25) is 4.79 Å². The number of aromatic amines is 1. The number of benzene rings is 2. The first-order valence-corrected chi connectivity index (χ1v) is 8.12. The number of aromatic nitrogens is 2. The molecule has 1 aromatic heterocycles. The summed E-state index contributed by atoms with van der Waals surface area (Å²) in [7, 11) is 0. The molecule has 3 unspecified atom stereocenters. The molecule has 0 fully saturated rings. The largest absolute Gasteiger partial charge is 0.346 e. The smallest absolute Gasteiger partial charge is 0.225 e. The Balaban J connectivity index is 1.69. The topological polar surface area (TPSA) is 83.8 Å². The van der Waals surface area contributed by atoms with Gasteiger partial charge in [0.15, 0.2) is 0 Å². The molecule has 0 aliphatic heterocycles. The van der Waals surface area contributed by atoms with Gasteiger partial charge in [0.2, 0.25) is 5.91 Å². The number of imidazole rings is 1. The fourth-order valence-electron chi connectivity index (χ4n) is 2.72. The lowest BCUT2D eigenvalue weighted by Crippen LogP contribution is -2.37. The maximum atomic E-state index is 12.5. The van der Waals surface area contributed by atoms with E-state index in [0.29, 0.717) is 0 Å². The predicted molar refractivity (Wildman–Crippen MR) is 95.2 cm³/mol. The van der Waals surface area contributed by atoms with Gasteiger partial charge in [-0.2, -0.15) is 0 Å². The van der Waals surface area contributed by atoms with Crippen LogP contribution in [0, 0.1) is 5.92 Å². The van der Waals surface area contributed by atoms with E-state index >= 15 is 0 Å². The summed E-state index contributed by atoms with van der Waals surface area (Å²) >= 11 is 0. The van der Waals surface area contributed by atoms with Crippen molar-refractivity contribution in [1.82, 2.24) is 15.3 Å². The van der Waals surface area contributed by atoms with Gasteiger partial charge in [0.25, 0.3) is 0 Å². The first-order chi connectivity index (χ1) is 11.6. The molecule has 0 radical (unpaired) electrons. The molecule has 0 aliphatic carbocycles. The van der Waals surface area contributed by atoms with Gasteiger partial charge in [0.1, 0.15) is 5.82 Å². The Morgan fingerprint density at radius 2 is 1.75 bits per heavy atom. The molecule has 5 heteroatoms. The van der Waals surface area contributed by atoms with Gasteiger partial charge >= 0.3 is 0 Å². The third-order valence-corrected chi connectivity index (χ3v) is 4.31. The first kappa shape index (κ1) is 16.2. The molecule has 1 amide bonds. The van der Waals surface area contributed by atoms with E-state index < -0.39 is 0 Å². The molecule has 0 spiro atoms. The standard InChI is InChI=1S/C19H22N4O/c1-12(17(20)14-8-4-3-5-9-14)19(24)21-13(2)18-22-15-10-6-7-11-16(15)23-18/h3-13,17H,20H2,1-2H3,(H,21,24)(H,22,23). The Labute approximate surface area is 141 Å². The van der Waals surface area contributed by atoms with Crippen LogP contribution in [0.2, 0.25) is 0 Å². The minimum Gasteiger partial charge on any atom is -0.346 e. The summed E-state index contributed by atoms with van der Waals surface area (Å²) in [4.78, 5) is 20.3. The molecular weight excluding hydrogens is 300 g/mol. The Kier molecular flexibility index (Phi) is 4.62. The number of hydrogen-bond acceptors (Lipinski definition) is 3. The van der Waals surface area contributed by atoms with Gasteiger partial charge in [-0.05, 0) is 24.6 Å². The highest BCUT2D eigenvalue weighted by atomic mass is 16.2. The maximum Gasteiger partial charge on any atom is 0.225 e. The SMILES string of the molecule is CC(NC(=O)C(C)C(N)c1ccccc1)c1nc2ccccc2[nH]1. The number of rotatable bonds is 5. The second kappa shape index (κ2) is 6.84. The van der Waals surface area contributed by atoms with E-state index in [2.05, 4.69) is 15.3 Å². The normalized spacial score (nSPS) is 15.0. The number of H-pyrrole nitrogens is 1. The Morgan fingerprint density at radius 1 is 1.08 bits per heavy atom. The van der Waals surface area contributed by atoms with Crippen molar-refractivity contribution in [3.8, 4) is 0 Å².